The van der Waals surface area contributed by atoms with Crippen molar-refractivity contribution in [2.45, 2.75) is 55.8 Å². The fourth-order valence-electron chi connectivity index (χ4n) is 5.48. The van der Waals surface area contributed by atoms with Crippen LogP contribution in [0.2, 0.25) is 0 Å². The Bertz CT molecular complexity index is 1480. The molecule has 0 radical (unpaired) electrons. The predicted octanol–water partition coefficient (Wildman–Crippen LogP) is 6.37. The maximum absolute atomic E-state index is 14.9. The normalized spacial score (nSPS) is 18.3. The lowest BCUT2D eigenvalue weighted by atomic mass is 9.92. The highest BCUT2D eigenvalue weighted by molar-refractivity contribution is 7.99. The Morgan fingerprint density at radius 2 is 1.79 bits per heavy atom. The number of benzene rings is 3. The zero-order valence-corrected chi connectivity index (χ0v) is 26.7. The van der Waals surface area contributed by atoms with Gasteiger partial charge >= 0.3 is 5.97 Å². The molecular weight excluding hydrogens is 571 g/mol. The number of para-hydroxylation sites is 1. The number of carboxylic acids is 1. The van der Waals surface area contributed by atoms with Gasteiger partial charge in [-0.25, -0.2) is 8.42 Å². The van der Waals surface area contributed by atoms with E-state index in [1.807, 2.05) is 79.7 Å². The summed E-state index contributed by atoms with van der Waals surface area (Å²) in [5.41, 5.74) is 3.33. The third kappa shape index (κ3) is 6.88. The number of sulfonamides is 1. The number of nitrogens with zero attached hydrogens (tertiary/aromatic N) is 3. The van der Waals surface area contributed by atoms with Gasteiger partial charge in [-0.1, -0.05) is 50.1 Å². The summed E-state index contributed by atoms with van der Waals surface area (Å²) in [6.45, 7) is 4.87. The van der Waals surface area contributed by atoms with Crippen molar-refractivity contribution in [2.75, 3.05) is 43.3 Å². The first-order valence-corrected chi connectivity index (χ1v) is 16.7. The summed E-state index contributed by atoms with van der Waals surface area (Å²) >= 11 is 1.26. The Kier molecular flexibility index (Phi) is 10.1. The minimum Gasteiger partial charge on any atom is -0.497 e. The number of aliphatic carboxylic acids is 1. The minimum atomic E-state index is -4.00. The Hall–Kier alpha value is -3.21. The van der Waals surface area contributed by atoms with Crippen LogP contribution in [0.25, 0.3) is 0 Å². The van der Waals surface area contributed by atoms with Crippen molar-refractivity contribution >= 4 is 44.8 Å². The van der Waals surface area contributed by atoms with Gasteiger partial charge in [-0.2, -0.15) is 4.31 Å². The molecule has 0 amide bonds. The van der Waals surface area contributed by atoms with Gasteiger partial charge in [-0.3, -0.25) is 4.79 Å². The average molecular weight is 612 g/mol. The molecule has 10 heteroatoms. The Balaban J connectivity index is 1.95. The van der Waals surface area contributed by atoms with Crippen LogP contribution >= 0.6 is 11.8 Å². The van der Waals surface area contributed by atoms with Crippen LogP contribution in [-0.2, 0) is 27.1 Å². The number of unbranched alkanes of at least 4 members (excludes halogenated alkanes) is 1. The van der Waals surface area contributed by atoms with E-state index >= 15 is 0 Å². The molecule has 1 atom stereocenters. The van der Waals surface area contributed by atoms with Crippen LogP contribution in [-0.4, -0.2) is 62.8 Å². The molecule has 42 heavy (non-hydrogen) atoms. The number of hydrogen-bond acceptors (Lipinski definition) is 7. The Labute approximate surface area is 254 Å². The summed E-state index contributed by atoms with van der Waals surface area (Å²) < 4.78 is 36.8. The molecule has 0 fully saturated rings. The molecule has 1 unspecified atom stereocenters. The van der Waals surface area contributed by atoms with Crippen molar-refractivity contribution in [3.05, 3.63) is 77.9 Å². The number of rotatable bonds is 12. The van der Waals surface area contributed by atoms with Gasteiger partial charge in [0, 0.05) is 44.3 Å². The minimum absolute atomic E-state index is 0.0640. The fourth-order valence-corrected chi connectivity index (χ4v) is 8.22. The predicted molar refractivity (Wildman–Crippen MR) is 172 cm³/mol. The number of methoxy groups -OCH3 is 1. The molecule has 0 aromatic heterocycles. The second kappa shape index (κ2) is 13.4. The monoisotopic (exact) mass is 611 g/mol. The third-order valence-electron chi connectivity index (χ3n) is 7.71. The first-order valence-electron chi connectivity index (χ1n) is 14.1. The van der Waals surface area contributed by atoms with Crippen molar-refractivity contribution < 1.29 is 23.1 Å². The van der Waals surface area contributed by atoms with E-state index in [4.69, 9.17) is 4.74 Å². The van der Waals surface area contributed by atoms with Crippen LogP contribution in [0.15, 0.2) is 71.6 Å². The fraction of sp³-hybridized carbons (Fsp3) is 0.406. The van der Waals surface area contributed by atoms with Crippen molar-refractivity contribution in [2.24, 2.45) is 0 Å². The highest BCUT2D eigenvalue weighted by Crippen LogP contribution is 2.45. The average Bonchev–Trinajstić information content (AvgIpc) is 3.04. The second-order valence-corrected chi connectivity index (χ2v) is 13.9. The van der Waals surface area contributed by atoms with E-state index in [-0.39, 0.29) is 17.2 Å². The Morgan fingerprint density at radius 1 is 1.10 bits per heavy atom. The molecule has 0 saturated carbocycles. The molecule has 1 aliphatic heterocycles. The molecule has 1 N–H and O–H groups in total. The lowest BCUT2D eigenvalue weighted by Gasteiger charge is -2.41. The van der Waals surface area contributed by atoms with E-state index in [2.05, 4.69) is 18.7 Å². The summed E-state index contributed by atoms with van der Waals surface area (Å²) in [6.07, 6.45) is 2.52. The van der Waals surface area contributed by atoms with Gasteiger partial charge in [0.2, 0.25) is 10.0 Å². The van der Waals surface area contributed by atoms with Crippen LogP contribution in [0.4, 0.5) is 17.1 Å². The van der Waals surface area contributed by atoms with Gasteiger partial charge in [0.1, 0.15) is 10.6 Å². The number of ether oxygens (including phenoxy) is 1. The van der Waals surface area contributed by atoms with E-state index in [1.165, 1.54) is 11.8 Å². The first-order chi connectivity index (χ1) is 20.0. The van der Waals surface area contributed by atoms with Gasteiger partial charge in [0.15, 0.2) is 0 Å². The quantitative estimate of drug-likeness (QED) is 0.253. The van der Waals surface area contributed by atoms with Gasteiger partial charge < -0.3 is 19.6 Å². The molecule has 0 aliphatic carbocycles. The smallest absolute Gasteiger partial charge is 0.313 e. The maximum Gasteiger partial charge on any atom is 0.313 e. The molecule has 3 aromatic rings. The molecule has 4 rings (SSSR count). The van der Waals surface area contributed by atoms with Crippen LogP contribution < -0.4 is 14.5 Å². The van der Waals surface area contributed by atoms with Crippen LogP contribution in [0.5, 0.6) is 5.75 Å². The number of anilines is 3. The van der Waals surface area contributed by atoms with Crippen LogP contribution in [0, 0.1) is 0 Å². The topological polar surface area (TPSA) is 90.4 Å². The summed E-state index contributed by atoms with van der Waals surface area (Å²) in [5, 5.41) is 9.23. The van der Waals surface area contributed by atoms with Crippen molar-refractivity contribution in [3.8, 4) is 5.75 Å². The molecule has 8 nitrogen and oxygen atoms in total. The Morgan fingerprint density at radius 3 is 2.38 bits per heavy atom. The van der Waals surface area contributed by atoms with Gasteiger partial charge in [-0.05, 0) is 60.9 Å². The largest absolute Gasteiger partial charge is 0.497 e. The third-order valence-corrected chi connectivity index (χ3v) is 10.7. The number of hydrogen-bond donors (Lipinski definition) is 1. The summed E-state index contributed by atoms with van der Waals surface area (Å²) in [6, 6.07) is 21.2. The van der Waals surface area contributed by atoms with E-state index in [1.54, 1.807) is 17.5 Å². The number of fused-ring (bicyclic) bond motifs is 1. The SMILES string of the molecule is CCCCC1(C)CN(c2ccccc2)c2cc(N(C)C)c(CSCC(=O)O)cc2S(=O)(=O)N1Cc1ccc(OC)cc1. The molecule has 0 spiro atoms. The lowest BCUT2D eigenvalue weighted by molar-refractivity contribution is -0.133. The standard InChI is InChI=1S/C32H41N3O5S2/c1-6-7-17-32(2)23-34(26-11-9-8-10-12-26)29-19-28(33(3)4)25(21-41-22-31(36)37)18-30(29)42(38,39)35(32)20-24-13-15-27(40-5)16-14-24/h8-16,18-19H,6-7,17,20-23H2,1-5H3,(H,36,37). The van der Waals surface area contributed by atoms with E-state index < -0.39 is 21.5 Å². The van der Waals surface area contributed by atoms with E-state index in [0.29, 0.717) is 30.2 Å². The van der Waals surface area contributed by atoms with Gasteiger partial charge in [0.05, 0.1) is 24.1 Å². The van der Waals surface area contributed by atoms with Gasteiger partial charge in [0.25, 0.3) is 0 Å². The van der Waals surface area contributed by atoms with Gasteiger partial charge in [-0.15, -0.1) is 11.8 Å². The summed E-state index contributed by atoms with van der Waals surface area (Å²) in [7, 11) is 1.45. The first kappa shape index (κ1) is 31.7. The molecule has 1 heterocycles. The van der Waals surface area contributed by atoms with E-state index in [9.17, 15) is 18.3 Å². The molecule has 226 valence electrons. The number of carboxylic acid groups (broad SMARTS) is 1. The van der Waals surface area contributed by atoms with Crippen LogP contribution in [0.1, 0.15) is 44.2 Å². The zero-order valence-electron chi connectivity index (χ0n) is 25.0. The highest BCUT2D eigenvalue weighted by atomic mass is 32.2. The van der Waals surface area contributed by atoms with Crippen LogP contribution in [0.3, 0.4) is 0 Å². The van der Waals surface area contributed by atoms with Crippen molar-refractivity contribution in [1.29, 1.82) is 0 Å². The number of carbonyl (C=O) groups is 1. The molecule has 1 aliphatic rings. The molecular formula is C32H41N3O5S2. The highest BCUT2D eigenvalue weighted by Gasteiger charge is 2.46. The molecule has 0 saturated heterocycles. The second-order valence-electron chi connectivity index (χ2n) is 11.1. The molecule has 3 aromatic carbocycles. The van der Waals surface area contributed by atoms with E-state index in [0.717, 1.165) is 35.3 Å². The summed E-state index contributed by atoms with van der Waals surface area (Å²) in [4.78, 5) is 15.6. The van der Waals surface area contributed by atoms with Crippen molar-refractivity contribution in [3.63, 3.8) is 0 Å². The lowest BCUT2D eigenvalue weighted by Crippen LogP contribution is -2.53. The van der Waals surface area contributed by atoms with Crippen molar-refractivity contribution in [1.82, 2.24) is 4.31 Å². The zero-order chi connectivity index (χ0) is 30.5. The summed E-state index contributed by atoms with van der Waals surface area (Å²) in [5.74, 6) is 0.123. The molecule has 0 bridgehead atoms. The maximum atomic E-state index is 14.9. The number of thioether (sulfide) groups is 1.